The second-order valence-electron chi connectivity index (χ2n) is 5.98. The van der Waals surface area contributed by atoms with Gasteiger partial charge in [-0.2, -0.15) is 0 Å². The van der Waals surface area contributed by atoms with Crippen LogP contribution in [0.4, 0.5) is 4.79 Å². The number of carbonyl (C=O) groups is 3. The standard InChI is InChI=1S/C13H21N3O3/c1-8(2)7-13(5-6-13)16-11(18)9-3-4-10(17)15-12(19)14-9/h8-9H,3-7H2,1-2H3,(H,16,18)(H2,14,15,17,19)/t9-/m0/s1. The lowest BCUT2D eigenvalue weighted by atomic mass is 10.0. The van der Waals surface area contributed by atoms with E-state index in [9.17, 15) is 14.4 Å². The Bertz CT molecular complexity index is 402. The van der Waals surface area contributed by atoms with Crippen molar-refractivity contribution in [1.29, 1.82) is 0 Å². The summed E-state index contributed by atoms with van der Waals surface area (Å²) < 4.78 is 0. The van der Waals surface area contributed by atoms with Crippen LogP contribution in [0.5, 0.6) is 0 Å². The first-order valence-corrected chi connectivity index (χ1v) is 6.83. The van der Waals surface area contributed by atoms with Crippen LogP contribution in [0.1, 0.15) is 46.0 Å². The van der Waals surface area contributed by atoms with E-state index in [-0.39, 0.29) is 23.8 Å². The fourth-order valence-electron chi connectivity index (χ4n) is 2.59. The maximum Gasteiger partial charge on any atom is 0.322 e. The van der Waals surface area contributed by atoms with Crippen molar-refractivity contribution in [3.8, 4) is 0 Å². The van der Waals surface area contributed by atoms with Gasteiger partial charge in [0.1, 0.15) is 6.04 Å². The first-order chi connectivity index (χ1) is 8.90. The normalized spacial score (nSPS) is 25.3. The Balaban J connectivity index is 1.92. The lowest BCUT2D eigenvalue weighted by molar-refractivity contribution is -0.124. The molecule has 2 aliphatic rings. The third kappa shape index (κ3) is 3.68. The molecule has 1 aliphatic carbocycles. The minimum Gasteiger partial charge on any atom is -0.349 e. The Kier molecular flexibility index (Phi) is 3.78. The molecule has 3 N–H and O–H groups in total. The third-order valence-electron chi connectivity index (χ3n) is 3.58. The molecular formula is C13H21N3O3. The zero-order chi connectivity index (χ0) is 14.0. The number of urea groups is 1. The van der Waals surface area contributed by atoms with E-state index in [1.807, 2.05) is 0 Å². The number of imide groups is 1. The molecule has 6 heteroatoms. The van der Waals surface area contributed by atoms with Gasteiger partial charge in [-0.25, -0.2) is 4.79 Å². The van der Waals surface area contributed by atoms with Gasteiger partial charge in [0.25, 0.3) is 0 Å². The van der Waals surface area contributed by atoms with E-state index in [1.165, 1.54) is 0 Å². The highest BCUT2D eigenvalue weighted by Crippen LogP contribution is 2.41. The number of hydrogen-bond donors (Lipinski definition) is 3. The van der Waals surface area contributed by atoms with E-state index >= 15 is 0 Å². The van der Waals surface area contributed by atoms with Gasteiger partial charge in [0.05, 0.1) is 0 Å². The second-order valence-corrected chi connectivity index (χ2v) is 5.98. The second kappa shape index (κ2) is 5.19. The summed E-state index contributed by atoms with van der Waals surface area (Å²) in [4.78, 5) is 34.7. The van der Waals surface area contributed by atoms with E-state index in [2.05, 4.69) is 29.8 Å². The molecule has 1 atom stereocenters. The number of rotatable bonds is 4. The molecule has 1 saturated carbocycles. The highest BCUT2D eigenvalue weighted by Gasteiger charge is 2.45. The molecule has 1 saturated heterocycles. The summed E-state index contributed by atoms with van der Waals surface area (Å²) in [6, 6.07) is -1.20. The van der Waals surface area contributed by atoms with Crippen LogP contribution in [0.2, 0.25) is 0 Å². The van der Waals surface area contributed by atoms with Crippen molar-refractivity contribution < 1.29 is 14.4 Å². The maximum atomic E-state index is 12.2. The predicted octanol–water partition coefficient (Wildman–Crippen LogP) is 0.670. The molecule has 0 bridgehead atoms. The van der Waals surface area contributed by atoms with Crippen molar-refractivity contribution >= 4 is 17.8 Å². The average molecular weight is 267 g/mol. The summed E-state index contributed by atoms with van der Waals surface area (Å²) in [5, 5.41) is 7.74. The fraction of sp³-hybridized carbons (Fsp3) is 0.769. The molecule has 0 radical (unpaired) electrons. The van der Waals surface area contributed by atoms with Gasteiger partial charge < -0.3 is 10.6 Å². The molecule has 19 heavy (non-hydrogen) atoms. The monoisotopic (exact) mass is 267 g/mol. The summed E-state index contributed by atoms with van der Waals surface area (Å²) in [5.41, 5.74) is -0.0836. The van der Waals surface area contributed by atoms with Gasteiger partial charge >= 0.3 is 6.03 Å². The van der Waals surface area contributed by atoms with E-state index in [4.69, 9.17) is 0 Å². The lowest BCUT2D eigenvalue weighted by Gasteiger charge is -2.23. The van der Waals surface area contributed by atoms with Gasteiger partial charge in [-0.15, -0.1) is 0 Å². The highest BCUT2D eigenvalue weighted by molar-refractivity contribution is 5.98. The topological polar surface area (TPSA) is 87.3 Å². The summed E-state index contributed by atoms with van der Waals surface area (Å²) in [6.07, 6.45) is 3.48. The molecular weight excluding hydrogens is 246 g/mol. The van der Waals surface area contributed by atoms with Crippen LogP contribution in [-0.2, 0) is 9.59 Å². The lowest BCUT2D eigenvalue weighted by Crippen LogP contribution is -2.51. The first kappa shape index (κ1) is 13.8. The molecule has 0 aromatic heterocycles. The minimum atomic E-state index is -0.615. The predicted molar refractivity (Wildman–Crippen MR) is 69.3 cm³/mol. The van der Waals surface area contributed by atoms with Crippen LogP contribution in [0.3, 0.4) is 0 Å². The SMILES string of the molecule is CC(C)CC1(NC(=O)[C@@H]2CCC(=O)NC(=O)N2)CC1. The van der Waals surface area contributed by atoms with Crippen LogP contribution < -0.4 is 16.0 Å². The highest BCUT2D eigenvalue weighted by atomic mass is 16.2. The van der Waals surface area contributed by atoms with E-state index in [1.54, 1.807) is 0 Å². The van der Waals surface area contributed by atoms with Crippen molar-refractivity contribution in [2.45, 2.75) is 57.5 Å². The van der Waals surface area contributed by atoms with Gasteiger partial charge in [0.15, 0.2) is 0 Å². The van der Waals surface area contributed by atoms with Crippen LogP contribution in [-0.4, -0.2) is 29.4 Å². The van der Waals surface area contributed by atoms with Gasteiger partial charge in [0.2, 0.25) is 11.8 Å². The Morgan fingerprint density at radius 3 is 2.68 bits per heavy atom. The van der Waals surface area contributed by atoms with Crippen LogP contribution in [0, 0.1) is 5.92 Å². The Morgan fingerprint density at radius 2 is 2.11 bits per heavy atom. The molecule has 1 heterocycles. The quantitative estimate of drug-likeness (QED) is 0.699. The van der Waals surface area contributed by atoms with E-state index in [0.29, 0.717) is 12.3 Å². The van der Waals surface area contributed by atoms with Crippen molar-refractivity contribution in [1.82, 2.24) is 16.0 Å². The summed E-state index contributed by atoms with van der Waals surface area (Å²) in [7, 11) is 0. The number of hydrogen-bond acceptors (Lipinski definition) is 3. The largest absolute Gasteiger partial charge is 0.349 e. The van der Waals surface area contributed by atoms with Crippen LogP contribution in [0.25, 0.3) is 0 Å². The van der Waals surface area contributed by atoms with Gasteiger partial charge in [-0.3, -0.25) is 14.9 Å². The zero-order valence-corrected chi connectivity index (χ0v) is 11.4. The molecule has 0 aromatic rings. The third-order valence-corrected chi connectivity index (χ3v) is 3.58. The fourth-order valence-corrected chi connectivity index (χ4v) is 2.59. The van der Waals surface area contributed by atoms with Crippen molar-refractivity contribution in [3.05, 3.63) is 0 Å². The Labute approximate surface area is 112 Å². The minimum absolute atomic E-state index is 0.0836. The number of amides is 4. The first-order valence-electron chi connectivity index (χ1n) is 6.83. The average Bonchev–Trinajstić information content (AvgIpc) is 3.03. The van der Waals surface area contributed by atoms with Crippen LogP contribution >= 0.6 is 0 Å². The summed E-state index contributed by atoms with van der Waals surface area (Å²) in [5.74, 6) is 0.00823. The molecule has 0 unspecified atom stereocenters. The van der Waals surface area contributed by atoms with Gasteiger partial charge in [0, 0.05) is 12.0 Å². The molecule has 0 spiro atoms. The smallest absolute Gasteiger partial charge is 0.322 e. The number of carbonyl (C=O) groups excluding carboxylic acids is 3. The summed E-state index contributed by atoms with van der Waals surface area (Å²) >= 11 is 0. The molecule has 2 rings (SSSR count). The van der Waals surface area contributed by atoms with Crippen molar-refractivity contribution in [2.24, 2.45) is 5.92 Å². The van der Waals surface area contributed by atoms with E-state index in [0.717, 1.165) is 19.3 Å². The van der Waals surface area contributed by atoms with Gasteiger partial charge in [-0.1, -0.05) is 13.8 Å². The summed E-state index contributed by atoms with van der Waals surface area (Å²) in [6.45, 7) is 4.25. The molecule has 0 aromatic carbocycles. The van der Waals surface area contributed by atoms with Crippen LogP contribution in [0.15, 0.2) is 0 Å². The zero-order valence-electron chi connectivity index (χ0n) is 11.4. The van der Waals surface area contributed by atoms with E-state index < -0.39 is 12.1 Å². The molecule has 4 amide bonds. The Morgan fingerprint density at radius 1 is 1.42 bits per heavy atom. The van der Waals surface area contributed by atoms with Crippen molar-refractivity contribution in [2.75, 3.05) is 0 Å². The maximum absolute atomic E-state index is 12.2. The van der Waals surface area contributed by atoms with Gasteiger partial charge in [-0.05, 0) is 31.6 Å². The van der Waals surface area contributed by atoms with Crippen molar-refractivity contribution in [3.63, 3.8) is 0 Å². The number of nitrogens with one attached hydrogen (secondary N) is 3. The Hall–Kier alpha value is -1.59. The molecule has 2 fully saturated rings. The molecule has 106 valence electrons. The molecule has 6 nitrogen and oxygen atoms in total. The molecule has 1 aliphatic heterocycles.